The van der Waals surface area contributed by atoms with Gasteiger partial charge in [-0.15, -0.1) is 0 Å². The molecule has 2 heterocycles. The second-order valence-corrected chi connectivity index (χ2v) is 10.2. The number of hydrogen-bond acceptors (Lipinski definition) is 5. The lowest BCUT2D eigenvalue weighted by Gasteiger charge is -2.44. The predicted molar refractivity (Wildman–Crippen MR) is 144 cm³/mol. The van der Waals surface area contributed by atoms with Gasteiger partial charge in [-0.25, -0.2) is 0 Å². The van der Waals surface area contributed by atoms with Gasteiger partial charge in [-0.2, -0.15) is 0 Å². The maximum atomic E-state index is 13.1. The summed E-state index contributed by atoms with van der Waals surface area (Å²) in [5.41, 5.74) is 6.53. The van der Waals surface area contributed by atoms with Crippen LogP contribution in [0.2, 0.25) is 0 Å². The molecule has 0 saturated carbocycles. The van der Waals surface area contributed by atoms with E-state index in [1.807, 2.05) is 36.4 Å². The van der Waals surface area contributed by atoms with E-state index in [1.54, 1.807) is 19.5 Å². The molecule has 4 aromatic rings. The maximum absolute atomic E-state index is 13.1. The molecule has 2 atom stereocenters. The molecule has 1 fully saturated rings. The molecule has 188 valence electrons. The predicted octanol–water partition coefficient (Wildman–Crippen LogP) is 4.59. The van der Waals surface area contributed by atoms with Crippen molar-refractivity contribution in [1.82, 2.24) is 20.2 Å². The number of para-hydroxylation sites is 1. The van der Waals surface area contributed by atoms with Gasteiger partial charge in [0.2, 0.25) is 5.91 Å². The molecule has 1 N–H and O–H groups in total. The second kappa shape index (κ2) is 10.0. The first kappa shape index (κ1) is 23.8. The third-order valence-electron chi connectivity index (χ3n) is 8.18. The Morgan fingerprint density at radius 1 is 0.973 bits per heavy atom. The Kier molecular flexibility index (Phi) is 6.45. The Balaban J connectivity index is 1.21. The average molecular weight is 493 g/mol. The summed E-state index contributed by atoms with van der Waals surface area (Å²) in [6, 6.07) is 24.6. The Hall–Kier alpha value is -3.61. The first-order valence-electron chi connectivity index (χ1n) is 13.0. The number of aromatic nitrogens is 2. The maximum Gasteiger partial charge on any atom is 0.224 e. The Labute approximate surface area is 217 Å². The first-order valence-corrected chi connectivity index (χ1v) is 13.0. The number of piperidine rings is 1. The molecule has 6 heteroatoms. The monoisotopic (exact) mass is 492 g/mol. The number of carbonyl (C=O) groups excluding carboxylic acids is 1. The normalized spacial score (nSPS) is 20.7. The highest BCUT2D eigenvalue weighted by Crippen LogP contribution is 2.52. The highest BCUT2D eigenvalue weighted by Gasteiger charge is 2.53. The minimum absolute atomic E-state index is 0.0274. The van der Waals surface area contributed by atoms with Crippen LogP contribution in [0.15, 0.2) is 85.2 Å². The number of likely N-dealkylation sites (tertiary alicyclic amines) is 1. The number of ether oxygens (including phenoxy) is 1. The van der Waals surface area contributed by atoms with Crippen LogP contribution in [0.4, 0.5) is 0 Å². The fourth-order valence-corrected chi connectivity index (χ4v) is 6.46. The summed E-state index contributed by atoms with van der Waals surface area (Å²) in [6.45, 7) is 2.76. The van der Waals surface area contributed by atoms with Crippen LogP contribution in [-0.2, 0) is 27.9 Å². The highest BCUT2D eigenvalue weighted by molar-refractivity contribution is 5.79. The number of nitrogens with zero attached hydrogens (tertiary/aromatic N) is 3. The van der Waals surface area contributed by atoms with Crippen molar-refractivity contribution in [2.75, 3.05) is 20.2 Å². The topological polar surface area (TPSA) is 67.3 Å². The van der Waals surface area contributed by atoms with Crippen LogP contribution in [-0.4, -0.2) is 47.1 Å². The van der Waals surface area contributed by atoms with Crippen molar-refractivity contribution < 1.29 is 9.53 Å². The van der Waals surface area contributed by atoms with Gasteiger partial charge in [0.05, 0.1) is 29.6 Å². The second-order valence-electron chi connectivity index (χ2n) is 10.2. The molecule has 6 rings (SSSR count). The number of fused-ring (bicyclic) bond motifs is 3. The van der Waals surface area contributed by atoms with Gasteiger partial charge in [0.1, 0.15) is 0 Å². The Morgan fingerprint density at radius 3 is 2.54 bits per heavy atom. The lowest BCUT2D eigenvalue weighted by Crippen LogP contribution is -2.50. The zero-order valence-corrected chi connectivity index (χ0v) is 21.1. The van der Waals surface area contributed by atoms with Crippen LogP contribution in [0.25, 0.3) is 11.0 Å². The SMILES string of the molecule is CO[C@H]1[C@H](NC(=O)Cc2ccccc2)c2ccccc2C12CCN(Cc1cccc3nccnc13)CC2. The third-order valence-corrected chi connectivity index (χ3v) is 8.18. The fraction of sp³-hybridized carbons (Fsp3) is 0.323. The van der Waals surface area contributed by atoms with Gasteiger partial charge in [0.15, 0.2) is 0 Å². The summed E-state index contributed by atoms with van der Waals surface area (Å²) in [6.07, 6.45) is 5.73. The lowest BCUT2D eigenvalue weighted by atomic mass is 9.71. The van der Waals surface area contributed by atoms with Crippen LogP contribution in [0.3, 0.4) is 0 Å². The van der Waals surface area contributed by atoms with E-state index in [1.165, 1.54) is 16.7 Å². The van der Waals surface area contributed by atoms with Crippen molar-refractivity contribution >= 4 is 16.9 Å². The zero-order valence-electron chi connectivity index (χ0n) is 21.1. The van der Waals surface area contributed by atoms with Crippen molar-refractivity contribution in [2.45, 2.75) is 43.4 Å². The molecular formula is C31H32N4O2. The van der Waals surface area contributed by atoms with E-state index in [2.05, 4.69) is 56.6 Å². The van der Waals surface area contributed by atoms with Crippen LogP contribution >= 0.6 is 0 Å². The van der Waals surface area contributed by atoms with E-state index < -0.39 is 0 Å². The molecule has 1 aliphatic heterocycles. The van der Waals surface area contributed by atoms with E-state index in [0.717, 1.165) is 49.1 Å². The molecule has 0 radical (unpaired) electrons. The number of benzene rings is 3. The highest BCUT2D eigenvalue weighted by atomic mass is 16.5. The molecule has 37 heavy (non-hydrogen) atoms. The van der Waals surface area contributed by atoms with Gasteiger partial charge < -0.3 is 10.1 Å². The molecule has 1 aliphatic carbocycles. The van der Waals surface area contributed by atoms with Crippen molar-refractivity contribution in [3.63, 3.8) is 0 Å². The number of carbonyl (C=O) groups is 1. The molecule has 1 spiro atoms. The number of nitrogens with one attached hydrogen (secondary N) is 1. The average Bonchev–Trinajstić information content (AvgIpc) is 3.19. The number of hydrogen-bond donors (Lipinski definition) is 1. The van der Waals surface area contributed by atoms with Crippen LogP contribution in [0.5, 0.6) is 0 Å². The molecule has 3 aromatic carbocycles. The van der Waals surface area contributed by atoms with Gasteiger partial charge in [-0.3, -0.25) is 19.7 Å². The minimum atomic E-state index is -0.155. The van der Waals surface area contributed by atoms with Crippen molar-refractivity contribution in [3.05, 3.63) is 107 Å². The van der Waals surface area contributed by atoms with E-state index in [0.29, 0.717) is 6.42 Å². The Morgan fingerprint density at radius 2 is 1.73 bits per heavy atom. The molecule has 1 saturated heterocycles. The number of rotatable bonds is 6. The summed E-state index contributed by atoms with van der Waals surface area (Å²) in [4.78, 5) is 24.6. The van der Waals surface area contributed by atoms with Gasteiger partial charge >= 0.3 is 0 Å². The zero-order chi connectivity index (χ0) is 25.2. The molecule has 0 unspecified atom stereocenters. The summed E-state index contributed by atoms with van der Waals surface area (Å²) < 4.78 is 6.21. The van der Waals surface area contributed by atoms with Gasteiger partial charge in [0.25, 0.3) is 0 Å². The number of amides is 1. The van der Waals surface area contributed by atoms with Gasteiger partial charge in [-0.1, -0.05) is 66.7 Å². The van der Waals surface area contributed by atoms with Crippen molar-refractivity contribution in [1.29, 1.82) is 0 Å². The van der Waals surface area contributed by atoms with Crippen LogP contribution in [0, 0.1) is 0 Å². The van der Waals surface area contributed by atoms with Gasteiger partial charge in [-0.05, 0) is 54.3 Å². The molecule has 1 amide bonds. The summed E-state index contributed by atoms with van der Waals surface area (Å²) in [7, 11) is 1.79. The molecular weight excluding hydrogens is 460 g/mol. The van der Waals surface area contributed by atoms with E-state index in [4.69, 9.17) is 4.74 Å². The van der Waals surface area contributed by atoms with E-state index in [9.17, 15) is 4.79 Å². The standard InChI is InChI=1S/C31H32N4O2/c1-37-30-29(34-27(36)20-22-8-3-2-4-9-22)24-11-5-6-12-25(24)31(30)14-18-35(19-15-31)21-23-10-7-13-26-28(23)33-17-16-32-26/h2-13,16-17,29-30H,14-15,18-21H2,1H3,(H,34,36)/t29-,30+/m1/s1. The van der Waals surface area contributed by atoms with Gasteiger partial charge in [0, 0.05) is 31.5 Å². The van der Waals surface area contributed by atoms with E-state index in [-0.39, 0.29) is 23.5 Å². The summed E-state index contributed by atoms with van der Waals surface area (Å²) >= 11 is 0. The first-order chi connectivity index (χ1) is 18.2. The summed E-state index contributed by atoms with van der Waals surface area (Å²) in [5, 5.41) is 3.33. The quantitative estimate of drug-likeness (QED) is 0.426. The lowest BCUT2D eigenvalue weighted by molar-refractivity contribution is -0.122. The fourth-order valence-electron chi connectivity index (χ4n) is 6.46. The molecule has 0 bridgehead atoms. The van der Waals surface area contributed by atoms with Crippen LogP contribution < -0.4 is 5.32 Å². The molecule has 6 nitrogen and oxygen atoms in total. The number of methoxy groups -OCH3 is 1. The third kappa shape index (κ3) is 4.41. The molecule has 1 aromatic heterocycles. The van der Waals surface area contributed by atoms with Crippen molar-refractivity contribution in [2.24, 2.45) is 0 Å². The van der Waals surface area contributed by atoms with Crippen molar-refractivity contribution in [3.8, 4) is 0 Å². The van der Waals surface area contributed by atoms with E-state index >= 15 is 0 Å². The minimum Gasteiger partial charge on any atom is -0.378 e. The largest absolute Gasteiger partial charge is 0.378 e. The smallest absolute Gasteiger partial charge is 0.224 e. The Bertz CT molecular complexity index is 1390. The molecule has 2 aliphatic rings. The van der Waals surface area contributed by atoms with Crippen LogP contribution in [0.1, 0.15) is 41.1 Å². The summed E-state index contributed by atoms with van der Waals surface area (Å²) in [5.74, 6) is 0.0274.